The molecule has 5 heteroatoms. The van der Waals surface area contributed by atoms with Crippen LogP contribution in [0.4, 0.5) is 0 Å². The van der Waals surface area contributed by atoms with Crippen LogP contribution in [0.5, 0.6) is 5.75 Å². The van der Waals surface area contributed by atoms with Crippen LogP contribution in [0.15, 0.2) is 66.7 Å². The number of aryl methyl sites for hydroxylation is 1. The molecule has 0 radical (unpaired) electrons. The summed E-state index contributed by atoms with van der Waals surface area (Å²) in [6.45, 7) is 2.19. The van der Waals surface area contributed by atoms with Crippen LogP contribution in [0.25, 0.3) is 16.0 Å². The van der Waals surface area contributed by atoms with Crippen LogP contribution in [-0.4, -0.2) is 15.2 Å². The van der Waals surface area contributed by atoms with E-state index >= 15 is 0 Å². The second-order valence-corrected chi connectivity index (χ2v) is 9.18. The molecule has 0 saturated carbocycles. The van der Waals surface area contributed by atoms with Crippen LogP contribution >= 0.6 is 0 Å². The second-order valence-electron chi connectivity index (χ2n) is 8.00. The van der Waals surface area contributed by atoms with Crippen molar-refractivity contribution >= 4 is 21.8 Å². The minimum atomic E-state index is -1.62. The molecule has 31 heavy (non-hydrogen) atoms. The lowest BCUT2D eigenvalue weighted by atomic mass is 9.89. The molecule has 1 aliphatic heterocycles. The average Bonchev–Trinajstić information content (AvgIpc) is 3.36. The maximum absolute atomic E-state index is 12.1. The highest BCUT2D eigenvalue weighted by atomic mass is 32.2. The SMILES string of the molecule is CCc1ccccc1-c1cccc2c1CC[C@@H]2c1ccc(C2=CC(=O)NS2=O)c(O)c1. The largest absolute Gasteiger partial charge is 0.507 e. The molecule has 1 aliphatic carbocycles. The summed E-state index contributed by atoms with van der Waals surface area (Å²) < 4.78 is 14.4. The Bertz CT molecular complexity index is 1260. The molecule has 3 aromatic rings. The fourth-order valence-corrected chi connectivity index (χ4v) is 5.78. The summed E-state index contributed by atoms with van der Waals surface area (Å²) in [4.78, 5) is 11.8. The van der Waals surface area contributed by atoms with Crippen molar-refractivity contribution < 1.29 is 14.1 Å². The van der Waals surface area contributed by atoms with Gasteiger partial charge in [-0.2, -0.15) is 0 Å². The standard InChI is InChI=1S/C26H23NO3S/c1-2-16-6-3-4-7-18(16)20-8-5-9-21-19(12-13-22(20)21)17-10-11-23(24(28)14-17)25-15-26(29)27-31(25)30/h3-11,14-15,19,28H,2,12-13H2,1H3,(H,27,29)/t19-,31?/m1/s1. The minimum absolute atomic E-state index is 0.0505. The van der Waals surface area contributed by atoms with Gasteiger partial charge in [-0.1, -0.05) is 55.5 Å². The maximum atomic E-state index is 12.1. The maximum Gasteiger partial charge on any atom is 0.257 e. The first-order valence-electron chi connectivity index (χ1n) is 10.5. The third-order valence-electron chi connectivity index (χ3n) is 6.30. The molecule has 0 saturated heterocycles. The molecular formula is C26H23NO3S. The van der Waals surface area contributed by atoms with E-state index < -0.39 is 16.9 Å². The molecule has 0 spiro atoms. The Hall–Kier alpha value is -3.18. The number of amides is 1. The number of aromatic hydroxyl groups is 1. The number of carbonyl (C=O) groups excluding carboxylic acids is 1. The Morgan fingerprint density at radius 3 is 2.58 bits per heavy atom. The lowest BCUT2D eigenvalue weighted by Gasteiger charge is -2.16. The first-order chi connectivity index (χ1) is 15.1. The molecule has 0 bridgehead atoms. The summed E-state index contributed by atoms with van der Waals surface area (Å²) in [5, 5.41) is 10.7. The monoisotopic (exact) mass is 429 g/mol. The van der Waals surface area contributed by atoms with E-state index in [1.54, 1.807) is 12.1 Å². The molecule has 2 N–H and O–H groups in total. The summed E-state index contributed by atoms with van der Waals surface area (Å²) in [5.41, 5.74) is 8.10. The number of fused-ring (bicyclic) bond motifs is 1. The van der Waals surface area contributed by atoms with Gasteiger partial charge in [0.05, 0.1) is 4.91 Å². The van der Waals surface area contributed by atoms with Crippen molar-refractivity contribution in [1.82, 2.24) is 4.72 Å². The van der Waals surface area contributed by atoms with E-state index in [1.807, 2.05) is 6.07 Å². The predicted octanol–water partition coefficient (Wildman–Crippen LogP) is 4.83. The Morgan fingerprint density at radius 1 is 1.03 bits per heavy atom. The molecule has 1 amide bonds. The quantitative estimate of drug-likeness (QED) is 0.624. The molecule has 0 fully saturated rings. The number of nitrogens with one attached hydrogen (secondary N) is 1. The zero-order valence-corrected chi connectivity index (χ0v) is 18.0. The summed E-state index contributed by atoms with van der Waals surface area (Å²) in [6.07, 6.45) is 4.25. The fraction of sp³-hybridized carbons (Fsp3) is 0.192. The van der Waals surface area contributed by atoms with E-state index in [1.165, 1.54) is 33.9 Å². The van der Waals surface area contributed by atoms with Crippen molar-refractivity contribution in [2.45, 2.75) is 32.1 Å². The van der Waals surface area contributed by atoms with E-state index in [-0.39, 0.29) is 11.7 Å². The molecule has 5 rings (SSSR count). The highest BCUT2D eigenvalue weighted by Crippen LogP contribution is 2.44. The van der Waals surface area contributed by atoms with E-state index in [9.17, 15) is 14.1 Å². The highest BCUT2D eigenvalue weighted by Gasteiger charge is 2.28. The molecule has 0 aromatic heterocycles. The fourth-order valence-electron chi connectivity index (χ4n) is 4.84. The van der Waals surface area contributed by atoms with Gasteiger partial charge in [0.1, 0.15) is 5.75 Å². The van der Waals surface area contributed by atoms with Crippen molar-refractivity contribution in [2.24, 2.45) is 0 Å². The summed E-state index contributed by atoms with van der Waals surface area (Å²) in [5.74, 6) is -0.151. The molecule has 3 aromatic carbocycles. The molecular weight excluding hydrogens is 406 g/mol. The van der Waals surface area contributed by atoms with Crippen molar-refractivity contribution in [3.8, 4) is 16.9 Å². The van der Waals surface area contributed by atoms with Crippen LogP contribution < -0.4 is 4.72 Å². The molecule has 2 atom stereocenters. The molecule has 1 heterocycles. The Kier molecular flexibility index (Phi) is 4.98. The normalized spacial score (nSPS) is 19.8. The number of rotatable bonds is 4. The number of benzene rings is 3. The topological polar surface area (TPSA) is 66.4 Å². The van der Waals surface area contributed by atoms with Gasteiger partial charge < -0.3 is 5.11 Å². The summed E-state index contributed by atoms with van der Waals surface area (Å²) in [6, 6.07) is 20.6. The smallest absolute Gasteiger partial charge is 0.257 e. The lowest BCUT2D eigenvalue weighted by Crippen LogP contribution is -2.16. The molecule has 2 aliphatic rings. The van der Waals surface area contributed by atoms with Crippen LogP contribution in [0.3, 0.4) is 0 Å². The Labute approximate surface area is 184 Å². The van der Waals surface area contributed by atoms with Gasteiger partial charge in [0.15, 0.2) is 11.0 Å². The van der Waals surface area contributed by atoms with Crippen molar-refractivity contribution in [3.05, 3.63) is 94.6 Å². The summed E-state index contributed by atoms with van der Waals surface area (Å²) in [7, 11) is -1.62. The highest BCUT2D eigenvalue weighted by molar-refractivity contribution is 7.94. The van der Waals surface area contributed by atoms with E-state index in [4.69, 9.17) is 0 Å². The minimum Gasteiger partial charge on any atom is -0.507 e. The average molecular weight is 430 g/mol. The van der Waals surface area contributed by atoms with E-state index in [0.29, 0.717) is 10.5 Å². The van der Waals surface area contributed by atoms with Gasteiger partial charge in [-0.3, -0.25) is 9.52 Å². The lowest BCUT2D eigenvalue weighted by molar-refractivity contribution is -0.114. The van der Waals surface area contributed by atoms with Gasteiger partial charge in [-0.25, -0.2) is 4.21 Å². The first-order valence-corrected chi connectivity index (χ1v) is 11.7. The Balaban J connectivity index is 1.53. The van der Waals surface area contributed by atoms with Crippen LogP contribution in [0.2, 0.25) is 0 Å². The number of carbonyl (C=O) groups is 1. The van der Waals surface area contributed by atoms with Gasteiger partial charge in [0.2, 0.25) is 0 Å². The predicted molar refractivity (Wildman–Crippen MR) is 124 cm³/mol. The van der Waals surface area contributed by atoms with Gasteiger partial charge in [0, 0.05) is 17.6 Å². The van der Waals surface area contributed by atoms with Crippen LogP contribution in [0.1, 0.15) is 47.1 Å². The number of hydrogen-bond donors (Lipinski definition) is 2. The second kappa shape index (κ2) is 7.82. The zero-order chi connectivity index (χ0) is 21.5. The van der Waals surface area contributed by atoms with Crippen molar-refractivity contribution in [2.75, 3.05) is 0 Å². The third-order valence-corrected chi connectivity index (χ3v) is 7.43. The number of hydrogen-bond acceptors (Lipinski definition) is 3. The molecule has 1 unspecified atom stereocenters. The van der Waals surface area contributed by atoms with Gasteiger partial charge in [-0.05, 0) is 64.8 Å². The van der Waals surface area contributed by atoms with Crippen molar-refractivity contribution in [3.63, 3.8) is 0 Å². The first kappa shape index (κ1) is 19.8. The van der Waals surface area contributed by atoms with E-state index in [0.717, 1.165) is 24.8 Å². The molecule has 156 valence electrons. The van der Waals surface area contributed by atoms with Crippen molar-refractivity contribution in [1.29, 1.82) is 0 Å². The number of phenols is 1. The van der Waals surface area contributed by atoms with Crippen LogP contribution in [-0.2, 0) is 28.6 Å². The van der Waals surface area contributed by atoms with Crippen LogP contribution in [0, 0.1) is 0 Å². The molecule has 4 nitrogen and oxygen atoms in total. The van der Waals surface area contributed by atoms with Gasteiger partial charge in [0.25, 0.3) is 5.91 Å². The number of phenolic OH excluding ortho intramolecular Hbond substituents is 1. The zero-order valence-electron chi connectivity index (χ0n) is 17.2. The Morgan fingerprint density at radius 2 is 1.84 bits per heavy atom. The van der Waals surface area contributed by atoms with E-state index in [2.05, 4.69) is 54.1 Å². The van der Waals surface area contributed by atoms with Gasteiger partial charge in [-0.15, -0.1) is 0 Å². The van der Waals surface area contributed by atoms with Gasteiger partial charge >= 0.3 is 0 Å². The summed E-state index contributed by atoms with van der Waals surface area (Å²) >= 11 is 0. The third kappa shape index (κ3) is 3.39.